The normalized spacial score (nSPS) is 11.5. The van der Waals surface area contributed by atoms with E-state index in [1.165, 1.54) is 11.3 Å². The van der Waals surface area contributed by atoms with Gasteiger partial charge in [0.15, 0.2) is 12.4 Å². The fourth-order valence-corrected chi connectivity index (χ4v) is 3.35. The molecular formula is C20H18ClNO3S. The third-order valence-electron chi connectivity index (χ3n) is 3.93. The van der Waals surface area contributed by atoms with Crippen molar-refractivity contribution in [1.82, 2.24) is 4.98 Å². The van der Waals surface area contributed by atoms with Crippen LogP contribution >= 0.6 is 22.9 Å². The van der Waals surface area contributed by atoms with E-state index in [1.54, 1.807) is 32.9 Å². The number of ketones is 1. The number of benzene rings is 1. The number of hydrogen-bond donors (Lipinski definition) is 0. The molecule has 0 saturated carbocycles. The fourth-order valence-electron chi connectivity index (χ4n) is 2.35. The van der Waals surface area contributed by atoms with Gasteiger partial charge in [0.05, 0.1) is 26.0 Å². The van der Waals surface area contributed by atoms with Gasteiger partial charge in [-0.2, -0.15) is 0 Å². The number of thiophene rings is 1. The predicted octanol–water partition coefficient (Wildman–Crippen LogP) is 5.39. The Balaban J connectivity index is 1.98. The highest BCUT2D eigenvalue weighted by Crippen LogP contribution is 2.32. The maximum absolute atomic E-state index is 12.7. The first-order chi connectivity index (χ1) is 12.3. The molecule has 0 unspecified atom stereocenters. The highest BCUT2D eigenvalue weighted by Gasteiger charge is 2.23. The Kier molecular flexibility index (Phi) is 5.12. The molecule has 0 aliphatic heterocycles. The van der Waals surface area contributed by atoms with Crippen molar-refractivity contribution in [2.45, 2.75) is 20.8 Å². The fraction of sp³-hybridized carbons (Fsp3) is 0.250. The van der Waals surface area contributed by atoms with Crippen LogP contribution in [0, 0.1) is 5.41 Å². The number of carbonyl (C=O) groups is 2. The topological polar surface area (TPSA) is 56.3 Å². The lowest BCUT2D eigenvalue weighted by molar-refractivity contribution is -0.129. The van der Waals surface area contributed by atoms with Crippen LogP contribution in [0.2, 0.25) is 4.34 Å². The van der Waals surface area contributed by atoms with Gasteiger partial charge in [0.1, 0.15) is 0 Å². The lowest BCUT2D eigenvalue weighted by Crippen LogP contribution is -2.26. The number of rotatable bonds is 4. The highest BCUT2D eigenvalue weighted by atomic mass is 35.5. The maximum Gasteiger partial charge on any atom is 0.339 e. The average Bonchev–Trinajstić information content (AvgIpc) is 3.04. The lowest BCUT2D eigenvalue weighted by Gasteiger charge is -2.16. The van der Waals surface area contributed by atoms with Crippen LogP contribution in [0.3, 0.4) is 0 Å². The van der Waals surface area contributed by atoms with Crippen molar-refractivity contribution in [1.29, 1.82) is 0 Å². The lowest BCUT2D eigenvalue weighted by atomic mass is 9.91. The second-order valence-corrected chi connectivity index (χ2v) is 8.64. The van der Waals surface area contributed by atoms with Crippen LogP contribution in [0.4, 0.5) is 0 Å². The minimum atomic E-state index is -0.556. The molecule has 2 aromatic heterocycles. The van der Waals surface area contributed by atoms with Gasteiger partial charge in [0.2, 0.25) is 0 Å². The van der Waals surface area contributed by atoms with Gasteiger partial charge in [-0.25, -0.2) is 9.78 Å². The maximum atomic E-state index is 12.7. The van der Waals surface area contributed by atoms with Gasteiger partial charge in [-0.15, -0.1) is 11.3 Å². The number of carbonyl (C=O) groups excluding carboxylic acids is 2. The molecular weight excluding hydrogens is 370 g/mol. The van der Waals surface area contributed by atoms with Gasteiger partial charge in [-0.1, -0.05) is 50.6 Å². The van der Waals surface area contributed by atoms with Crippen LogP contribution in [0.15, 0.2) is 42.5 Å². The van der Waals surface area contributed by atoms with Crippen LogP contribution in [0.1, 0.15) is 31.1 Å². The quantitative estimate of drug-likeness (QED) is 0.563. The molecule has 0 aliphatic carbocycles. The number of hydrogen-bond acceptors (Lipinski definition) is 5. The molecule has 0 fully saturated rings. The molecule has 0 radical (unpaired) electrons. The molecule has 0 atom stereocenters. The Labute approximate surface area is 160 Å². The molecule has 2 heterocycles. The average molecular weight is 388 g/mol. The SMILES string of the molecule is CC(C)(C)C(=O)COC(=O)c1cc(-c2ccc(Cl)s2)nc2ccccc12. The number of esters is 1. The molecule has 3 aromatic rings. The van der Waals surface area contributed by atoms with Crippen molar-refractivity contribution in [3.05, 3.63) is 52.4 Å². The van der Waals surface area contributed by atoms with E-state index in [9.17, 15) is 9.59 Å². The number of fused-ring (bicyclic) bond motifs is 1. The Morgan fingerprint density at radius 2 is 1.88 bits per heavy atom. The second kappa shape index (κ2) is 7.17. The number of para-hydroxylation sites is 1. The van der Waals surface area contributed by atoms with Crippen LogP contribution in [-0.2, 0) is 9.53 Å². The summed E-state index contributed by atoms with van der Waals surface area (Å²) in [6.07, 6.45) is 0. The van der Waals surface area contributed by atoms with Gasteiger partial charge in [0, 0.05) is 10.8 Å². The molecule has 0 aliphatic rings. The zero-order valence-corrected chi connectivity index (χ0v) is 16.3. The molecule has 0 spiro atoms. The van der Waals surface area contributed by atoms with Crippen molar-refractivity contribution in [2.24, 2.45) is 5.41 Å². The molecule has 4 nitrogen and oxygen atoms in total. The summed E-state index contributed by atoms with van der Waals surface area (Å²) in [5.41, 5.74) is 1.16. The molecule has 0 N–H and O–H groups in total. The first kappa shape index (κ1) is 18.5. The molecule has 6 heteroatoms. The van der Waals surface area contributed by atoms with Crippen molar-refractivity contribution < 1.29 is 14.3 Å². The summed E-state index contributed by atoms with van der Waals surface area (Å²) >= 11 is 7.41. The van der Waals surface area contributed by atoms with Crippen molar-refractivity contribution in [3.8, 4) is 10.6 Å². The van der Waals surface area contributed by atoms with Crippen LogP contribution in [0.5, 0.6) is 0 Å². The van der Waals surface area contributed by atoms with Crippen LogP contribution < -0.4 is 0 Å². The first-order valence-corrected chi connectivity index (χ1v) is 9.31. The minimum Gasteiger partial charge on any atom is -0.454 e. The van der Waals surface area contributed by atoms with E-state index in [1.807, 2.05) is 30.3 Å². The van der Waals surface area contributed by atoms with E-state index in [-0.39, 0.29) is 12.4 Å². The molecule has 1 aromatic carbocycles. The number of Topliss-reactive ketones (excluding diaryl/α,β-unsaturated/α-hetero) is 1. The number of nitrogens with zero attached hydrogens (tertiary/aromatic N) is 1. The Hall–Kier alpha value is -2.24. The zero-order valence-electron chi connectivity index (χ0n) is 14.7. The van der Waals surface area contributed by atoms with Crippen LogP contribution in [-0.4, -0.2) is 23.3 Å². The Bertz CT molecular complexity index is 988. The summed E-state index contributed by atoms with van der Waals surface area (Å²) in [6, 6.07) is 12.7. The standard InChI is InChI=1S/C20H18ClNO3S/c1-20(2,3)17(23)11-25-19(24)13-10-15(16-8-9-18(21)26-16)22-14-7-5-4-6-12(13)14/h4-10H,11H2,1-3H3. The van der Waals surface area contributed by atoms with Gasteiger partial charge < -0.3 is 4.74 Å². The van der Waals surface area contributed by atoms with Gasteiger partial charge in [-0.05, 0) is 24.3 Å². The third kappa shape index (κ3) is 3.94. The van der Waals surface area contributed by atoms with Crippen molar-refractivity contribution in [3.63, 3.8) is 0 Å². The predicted molar refractivity (Wildman–Crippen MR) is 105 cm³/mol. The highest BCUT2D eigenvalue weighted by molar-refractivity contribution is 7.19. The van der Waals surface area contributed by atoms with Crippen molar-refractivity contribution in [2.75, 3.05) is 6.61 Å². The third-order valence-corrected chi connectivity index (χ3v) is 5.19. The van der Waals surface area contributed by atoms with E-state index >= 15 is 0 Å². The van der Waals surface area contributed by atoms with E-state index < -0.39 is 11.4 Å². The minimum absolute atomic E-state index is 0.130. The summed E-state index contributed by atoms with van der Waals surface area (Å²) < 4.78 is 5.93. The summed E-state index contributed by atoms with van der Waals surface area (Å²) in [6.45, 7) is 5.13. The molecule has 0 bridgehead atoms. The number of aromatic nitrogens is 1. The summed E-state index contributed by atoms with van der Waals surface area (Å²) in [4.78, 5) is 30.2. The molecule has 0 saturated heterocycles. The summed E-state index contributed by atoms with van der Waals surface area (Å²) in [7, 11) is 0. The second-order valence-electron chi connectivity index (χ2n) is 6.93. The zero-order chi connectivity index (χ0) is 18.9. The number of ether oxygens (including phenoxy) is 1. The van der Waals surface area contributed by atoms with E-state index in [2.05, 4.69) is 4.98 Å². The Morgan fingerprint density at radius 3 is 2.54 bits per heavy atom. The number of pyridine rings is 1. The molecule has 26 heavy (non-hydrogen) atoms. The van der Waals surface area contributed by atoms with Crippen molar-refractivity contribution >= 4 is 45.6 Å². The molecule has 3 rings (SSSR count). The molecule has 0 amide bonds. The largest absolute Gasteiger partial charge is 0.454 e. The van der Waals surface area contributed by atoms with E-state index in [4.69, 9.17) is 16.3 Å². The smallest absolute Gasteiger partial charge is 0.339 e. The van der Waals surface area contributed by atoms with Gasteiger partial charge in [-0.3, -0.25) is 4.79 Å². The summed E-state index contributed by atoms with van der Waals surface area (Å²) in [5.74, 6) is -0.667. The molecule has 134 valence electrons. The summed E-state index contributed by atoms with van der Waals surface area (Å²) in [5, 5.41) is 0.687. The van der Waals surface area contributed by atoms with Gasteiger partial charge in [0.25, 0.3) is 0 Å². The number of halogens is 1. The Morgan fingerprint density at radius 1 is 1.15 bits per heavy atom. The first-order valence-electron chi connectivity index (χ1n) is 8.11. The monoisotopic (exact) mass is 387 g/mol. The van der Waals surface area contributed by atoms with Crippen LogP contribution in [0.25, 0.3) is 21.5 Å². The van der Waals surface area contributed by atoms with Gasteiger partial charge >= 0.3 is 5.97 Å². The van der Waals surface area contributed by atoms with E-state index in [0.29, 0.717) is 26.5 Å². The van der Waals surface area contributed by atoms with E-state index in [0.717, 1.165) is 4.88 Å².